The molecule has 0 aromatic heterocycles. The van der Waals surface area contributed by atoms with Gasteiger partial charge in [-0.05, 0) is 66.4 Å². The molecule has 22 nitrogen and oxygen atoms in total. The average Bonchev–Trinajstić information content (AvgIpc) is 3.63. The number of hydrogen-bond donors (Lipinski definition) is 0. The summed E-state index contributed by atoms with van der Waals surface area (Å²) in [6.07, 6.45) is 0.0327. The minimum Gasteiger partial charge on any atom is -0.495 e. The quantitative estimate of drug-likeness (QED) is 0.0266. The Morgan fingerprint density at radius 2 is 1.09 bits per heavy atom. The lowest BCUT2D eigenvalue weighted by Crippen LogP contribution is -2.33. The zero-order chi connectivity index (χ0) is 56.8. The Kier molecular flexibility index (Phi) is 23.8. The lowest BCUT2D eigenvalue weighted by molar-refractivity contribution is -0.167. The van der Waals surface area contributed by atoms with Crippen LogP contribution in [-0.2, 0) is 79.4 Å². The largest absolute Gasteiger partial charge is 0.495 e. The number of nitrogens with zero attached hydrogens (tertiary/aromatic N) is 2. The summed E-state index contributed by atoms with van der Waals surface area (Å²) in [4.78, 5) is 89.5. The normalized spacial score (nSPS) is 14.1. The molecule has 0 bridgehead atoms. The lowest BCUT2D eigenvalue weighted by atomic mass is 9.90. The summed E-state index contributed by atoms with van der Waals surface area (Å²) in [6, 6.07) is 13.9. The minimum atomic E-state index is -0.749. The molecule has 6 rings (SSSR count). The summed E-state index contributed by atoms with van der Waals surface area (Å²) in [5.41, 5.74) is 3.03. The number of ether oxygens (including phenoxy) is 12. The third-order valence-electron chi connectivity index (χ3n) is 12.1. The third-order valence-corrected chi connectivity index (χ3v) is 12.8. The van der Waals surface area contributed by atoms with Gasteiger partial charge in [0.25, 0.3) is 0 Å². The number of halogens is 2. The number of methoxy groups -OCH3 is 2. The first-order chi connectivity index (χ1) is 38.1. The standard InChI is InChI=1S/C55H62Cl2N2O20/c1-34(61)73-31-76-47(64)12-8-39-27-41-49(42-28-40(9-13-48(65)77-32-74-35(2)62)53(78-33-75-36(3)63)51(57)55(42)79-54(41)50(56)52(39)66)38-7-11-44(46(29-38)68-5)59-16-20-71-24-22-69-18-14-58(15-19-70-23-25-72-21-17-59)43-10-6-37(30-60)26-45(43)67-4/h6-7,10-11,26-30H,8-9,12-25,31-33H2,1-5H3. The number of carbonyl (C=O) groups excluding carboxylic acids is 6. The predicted molar refractivity (Wildman–Crippen MR) is 287 cm³/mol. The van der Waals surface area contributed by atoms with Crippen molar-refractivity contribution in [1.82, 2.24) is 0 Å². The van der Waals surface area contributed by atoms with Gasteiger partial charge in [0.05, 0.1) is 78.4 Å². The molecule has 1 aliphatic carbocycles. The molecule has 0 spiro atoms. The van der Waals surface area contributed by atoms with Crippen LogP contribution in [0.4, 0.5) is 11.4 Å². The number of hydrogen-bond acceptors (Lipinski definition) is 22. The van der Waals surface area contributed by atoms with Crippen LogP contribution in [-0.4, -0.2) is 150 Å². The highest BCUT2D eigenvalue weighted by atomic mass is 35.5. The molecule has 0 radical (unpaired) electrons. The zero-order valence-corrected chi connectivity index (χ0v) is 46.0. The molecule has 79 heavy (non-hydrogen) atoms. The first-order valence-corrected chi connectivity index (χ1v) is 25.8. The van der Waals surface area contributed by atoms with E-state index in [9.17, 15) is 33.6 Å². The smallest absolute Gasteiger partial charge is 0.308 e. The fourth-order valence-electron chi connectivity index (χ4n) is 8.31. The fourth-order valence-corrected chi connectivity index (χ4v) is 8.89. The van der Waals surface area contributed by atoms with Crippen molar-refractivity contribution in [3.05, 3.63) is 85.5 Å². The number of aryl methyl sites for hydroxylation is 2. The van der Waals surface area contributed by atoms with Gasteiger partial charge >= 0.3 is 29.8 Å². The van der Waals surface area contributed by atoms with E-state index < -0.39 is 55.7 Å². The van der Waals surface area contributed by atoms with Crippen LogP contribution in [0.3, 0.4) is 0 Å². The molecule has 3 aromatic rings. The summed E-state index contributed by atoms with van der Waals surface area (Å²) >= 11 is 14.1. The van der Waals surface area contributed by atoms with Crippen molar-refractivity contribution in [3.8, 4) is 39.7 Å². The van der Waals surface area contributed by atoms with E-state index in [0.717, 1.165) is 18.9 Å². The predicted octanol–water partition coefficient (Wildman–Crippen LogP) is 6.99. The molecule has 426 valence electrons. The van der Waals surface area contributed by atoms with Crippen LogP contribution >= 0.6 is 23.2 Å². The number of esters is 5. The van der Waals surface area contributed by atoms with Gasteiger partial charge < -0.3 is 71.1 Å². The maximum atomic E-state index is 13.9. The van der Waals surface area contributed by atoms with Gasteiger partial charge in [0.2, 0.25) is 25.8 Å². The highest BCUT2D eigenvalue weighted by Crippen LogP contribution is 2.49. The van der Waals surface area contributed by atoms with Gasteiger partial charge in [-0.2, -0.15) is 0 Å². The minimum absolute atomic E-state index is 0.00729. The van der Waals surface area contributed by atoms with Crippen LogP contribution in [0.5, 0.6) is 17.2 Å². The van der Waals surface area contributed by atoms with Crippen LogP contribution in [0, 0.1) is 0 Å². The van der Waals surface area contributed by atoms with Crippen molar-refractivity contribution < 1.29 is 90.0 Å². The molecule has 1 saturated heterocycles. The Morgan fingerprint density at radius 3 is 1.59 bits per heavy atom. The second kappa shape index (κ2) is 30.8. The number of benzene rings is 4. The van der Waals surface area contributed by atoms with E-state index in [2.05, 4.69) is 4.90 Å². The van der Waals surface area contributed by atoms with Gasteiger partial charge in [0, 0.05) is 87.4 Å². The van der Waals surface area contributed by atoms with E-state index in [0.29, 0.717) is 129 Å². The Labute approximate surface area is 465 Å². The molecule has 24 heteroatoms. The Balaban J connectivity index is 1.36. The summed E-state index contributed by atoms with van der Waals surface area (Å²) in [5.74, 6) is -2.55. The monoisotopic (exact) mass is 1140 g/mol. The number of carbonyl (C=O) groups is 6. The van der Waals surface area contributed by atoms with Crippen LogP contribution < -0.4 is 29.4 Å². The molecule has 3 aromatic carbocycles. The van der Waals surface area contributed by atoms with Crippen LogP contribution in [0.1, 0.15) is 55.1 Å². The molecule has 0 unspecified atom stereocenters. The van der Waals surface area contributed by atoms with E-state index in [4.69, 9.17) is 84.5 Å². The van der Waals surface area contributed by atoms with E-state index in [-0.39, 0.29) is 58.4 Å². The average molecular weight is 1140 g/mol. The Bertz CT molecular complexity index is 2950. The molecular formula is C55H62Cl2N2O20. The van der Waals surface area contributed by atoms with Crippen LogP contribution in [0.2, 0.25) is 10.0 Å². The summed E-state index contributed by atoms with van der Waals surface area (Å²) in [6.45, 7) is 6.20. The van der Waals surface area contributed by atoms with Crippen molar-refractivity contribution in [3.63, 3.8) is 0 Å². The molecular weight excluding hydrogens is 1080 g/mol. The molecule has 2 heterocycles. The topological polar surface area (TPSA) is 250 Å². The van der Waals surface area contributed by atoms with Gasteiger partial charge in [0.1, 0.15) is 33.6 Å². The molecule has 0 atom stereocenters. The van der Waals surface area contributed by atoms with Crippen LogP contribution in [0.15, 0.2) is 57.7 Å². The molecule has 3 aliphatic rings. The van der Waals surface area contributed by atoms with Gasteiger partial charge in [-0.3, -0.25) is 33.6 Å². The number of anilines is 2. The first kappa shape index (κ1) is 61.0. The maximum Gasteiger partial charge on any atom is 0.308 e. The SMILES string of the molecule is COc1cc(C=O)ccc1N1CCOCCOCCN(c2ccc(-c3c4cc(CCC(=O)OCOC(C)=O)c(=O)c(Cl)c-4oc4c(Cl)c(OCOC(C)=O)c(CCC(=O)OCOC(C)=O)cc34)cc2OC)CCOCCOCC1. The van der Waals surface area contributed by atoms with E-state index in [1.807, 2.05) is 23.1 Å². The molecule has 2 aliphatic heterocycles. The fraction of sp³-hybridized carbons (Fsp3) is 0.436. The van der Waals surface area contributed by atoms with Gasteiger partial charge in [-0.15, -0.1) is 0 Å². The summed E-state index contributed by atoms with van der Waals surface area (Å²) < 4.78 is 72.8. The van der Waals surface area contributed by atoms with Gasteiger partial charge in [-0.25, -0.2) is 0 Å². The molecule has 0 amide bonds. The summed E-state index contributed by atoms with van der Waals surface area (Å²) in [5, 5.41) is -0.123. The number of fused-ring (bicyclic) bond motifs is 2. The van der Waals surface area contributed by atoms with E-state index >= 15 is 0 Å². The zero-order valence-electron chi connectivity index (χ0n) is 44.4. The highest BCUT2D eigenvalue weighted by molar-refractivity contribution is 6.37. The molecule has 0 saturated carbocycles. The van der Waals surface area contributed by atoms with E-state index in [1.54, 1.807) is 37.4 Å². The van der Waals surface area contributed by atoms with Crippen LogP contribution in [0.25, 0.3) is 33.4 Å². The highest BCUT2D eigenvalue weighted by Gasteiger charge is 2.29. The lowest BCUT2D eigenvalue weighted by Gasteiger charge is -2.28. The number of aldehydes is 1. The van der Waals surface area contributed by atoms with Crippen molar-refractivity contribution in [2.24, 2.45) is 0 Å². The molecule has 1 fully saturated rings. The second-order valence-corrected chi connectivity index (χ2v) is 18.1. The summed E-state index contributed by atoms with van der Waals surface area (Å²) in [7, 11) is 3.07. The van der Waals surface area contributed by atoms with E-state index in [1.165, 1.54) is 21.0 Å². The maximum absolute atomic E-state index is 13.9. The van der Waals surface area contributed by atoms with Gasteiger partial charge in [-0.1, -0.05) is 29.3 Å². The van der Waals surface area contributed by atoms with Crippen molar-refractivity contribution in [2.45, 2.75) is 46.5 Å². The Hall–Kier alpha value is -7.21. The van der Waals surface area contributed by atoms with Crippen molar-refractivity contribution in [2.75, 3.05) is 123 Å². The second-order valence-electron chi connectivity index (χ2n) is 17.4. The van der Waals surface area contributed by atoms with Gasteiger partial charge in [0.15, 0.2) is 11.3 Å². The first-order valence-electron chi connectivity index (χ1n) is 25.0. The van der Waals surface area contributed by atoms with Crippen molar-refractivity contribution in [1.29, 1.82) is 0 Å². The third kappa shape index (κ3) is 17.4. The number of rotatable bonds is 19. The van der Waals surface area contributed by atoms with Crippen molar-refractivity contribution >= 4 is 81.7 Å². The molecule has 0 N–H and O–H groups in total. The Morgan fingerprint density at radius 1 is 0.595 bits per heavy atom.